The number of ether oxygens (including phenoxy) is 3. The molecule has 27 heavy (non-hydrogen) atoms. The molecule has 0 radical (unpaired) electrons. The number of carbonyl (C=O) groups is 2. The third-order valence-corrected chi connectivity index (χ3v) is 4.89. The minimum atomic E-state index is -1.24. The van der Waals surface area contributed by atoms with Crippen molar-refractivity contribution in [2.45, 2.75) is 26.0 Å². The number of fused-ring (bicyclic) bond motifs is 1. The Hall–Kier alpha value is -2.86. The van der Waals surface area contributed by atoms with Gasteiger partial charge in [0.25, 0.3) is 11.8 Å². The average molecular weight is 369 g/mol. The maximum atomic E-state index is 13.0. The highest BCUT2D eigenvalue weighted by Gasteiger charge is 2.49. The van der Waals surface area contributed by atoms with Gasteiger partial charge in [0, 0.05) is 12.7 Å². The summed E-state index contributed by atoms with van der Waals surface area (Å²) in [6, 6.07) is 12.1. The Morgan fingerprint density at radius 3 is 2.04 bits per heavy atom. The van der Waals surface area contributed by atoms with Gasteiger partial charge in [-0.2, -0.15) is 0 Å². The lowest BCUT2D eigenvalue weighted by Gasteiger charge is -2.39. The van der Waals surface area contributed by atoms with Crippen LogP contribution >= 0.6 is 0 Å². The molecule has 142 valence electrons. The van der Waals surface area contributed by atoms with Crippen molar-refractivity contribution < 1.29 is 23.8 Å². The normalized spacial score (nSPS) is 15.5. The summed E-state index contributed by atoms with van der Waals surface area (Å²) in [5.41, 5.74) is 0.170. The van der Waals surface area contributed by atoms with Gasteiger partial charge in [-0.1, -0.05) is 25.1 Å². The van der Waals surface area contributed by atoms with E-state index in [2.05, 4.69) is 0 Å². The van der Waals surface area contributed by atoms with Gasteiger partial charge in [0.15, 0.2) is 17.2 Å². The largest absolute Gasteiger partial charge is 0.493 e. The highest BCUT2D eigenvalue weighted by Crippen LogP contribution is 2.42. The Morgan fingerprint density at radius 1 is 0.926 bits per heavy atom. The quantitative estimate of drug-likeness (QED) is 0.698. The molecule has 0 fully saturated rings. The van der Waals surface area contributed by atoms with Gasteiger partial charge in [0.1, 0.15) is 0 Å². The third kappa shape index (κ3) is 2.86. The average Bonchev–Trinajstić information content (AvgIpc) is 2.96. The summed E-state index contributed by atoms with van der Waals surface area (Å²) in [5.74, 6) is 0.370. The smallest absolute Gasteiger partial charge is 0.264 e. The second-order valence-corrected chi connectivity index (χ2v) is 6.13. The molecular formula is C21H23NO5. The van der Waals surface area contributed by atoms with Crippen LogP contribution in [0.5, 0.6) is 11.5 Å². The molecule has 3 rings (SSSR count). The van der Waals surface area contributed by atoms with Crippen LogP contribution in [-0.2, 0) is 10.5 Å². The number of hydrogen-bond acceptors (Lipinski definition) is 5. The van der Waals surface area contributed by atoms with E-state index in [4.69, 9.17) is 14.2 Å². The first-order valence-electron chi connectivity index (χ1n) is 8.88. The molecule has 2 amide bonds. The number of methoxy groups -OCH3 is 2. The Labute approximate surface area is 158 Å². The lowest BCUT2D eigenvalue weighted by atomic mass is 9.97. The highest BCUT2D eigenvalue weighted by molar-refractivity contribution is 6.21. The van der Waals surface area contributed by atoms with Crippen LogP contribution in [0.2, 0.25) is 0 Å². The van der Waals surface area contributed by atoms with Gasteiger partial charge in [0.2, 0.25) is 0 Å². The van der Waals surface area contributed by atoms with Crippen LogP contribution in [0.3, 0.4) is 0 Å². The zero-order chi connectivity index (χ0) is 19.6. The van der Waals surface area contributed by atoms with Gasteiger partial charge in [-0.3, -0.25) is 9.59 Å². The van der Waals surface area contributed by atoms with Gasteiger partial charge in [0.05, 0.1) is 24.8 Å². The van der Waals surface area contributed by atoms with Crippen LogP contribution < -0.4 is 9.47 Å². The van der Waals surface area contributed by atoms with Crippen LogP contribution in [0, 0.1) is 0 Å². The van der Waals surface area contributed by atoms with E-state index in [1.54, 1.807) is 49.6 Å². The first-order valence-corrected chi connectivity index (χ1v) is 8.88. The minimum absolute atomic E-state index is 0.368. The fourth-order valence-electron chi connectivity index (χ4n) is 3.55. The maximum Gasteiger partial charge on any atom is 0.264 e. The second kappa shape index (κ2) is 7.40. The van der Waals surface area contributed by atoms with E-state index in [0.717, 1.165) is 0 Å². The molecular weight excluding hydrogens is 346 g/mol. The van der Waals surface area contributed by atoms with Crippen LogP contribution in [0.4, 0.5) is 0 Å². The maximum absolute atomic E-state index is 13.0. The Kier molecular flexibility index (Phi) is 5.19. The molecule has 1 aliphatic rings. The number of benzene rings is 2. The molecule has 0 spiro atoms. The molecule has 6 nitrogen and oxygen atoms in total. The predicted octanol–water partition coefficient (Wildman–Crippen LogP) is 3.60. The Balaban J connectivity index is 2.14. The summed E-state index contributed by atoms with van der Waals surface area (Å²) in [6.45, 7) is 4.20. The zero-order valence-corrected chi connectivity index (χ0v) is 15.9. The van der Waals surface area contributed by atoms with E-state index in [9.17, 15) is 9.59 Å². The number of hydrogen-bond donors (Lipinski definition) is 0. The van der Waals surface area contributed by atoms with Crippen LogP contribution in [0.15, 0.2) is 42.5 Å². The van der Waals surface area contributed by atoms with Crippen molar-refractivity contribution in [3.05, 3.63) is 59.2 Å². The number of nitrogens with zero attached hydrogens (tertiary/aromatic N) is 1. The molecule has 0 bridgehead atoms. The van der Waals surface area contributed by atoms with Crippen molar-refractivity contribution in [1.82, 2.24) is 4.90 Å². The second-order valence-electron chi connectivity index (χ2n) is 6.13. The molecule has 1 atom stereocenters. The fraction of sp³-hybridized carbons (Fsp3) is 0.333. The number of carbonyl (C=O) groups excluding carboxylic acids is 2. The summed E-state index contributed by atoms with van der Waals surface area (Å²) in [5, 5.41) is 0. The van der Waals surface area contributed by atoms with Gasteiger partial charge in [-0.05, 0) is 37.6 Å². The van der Waals surface area contributed by atoms with Crippen molar-refractivity contribution in [2.75, 3.05) is 20.8 Å². The van der Waals surface area contributed by atoms with E-state index in [1.165, 1.54) is 12.0 Å². The number of amides is 2. The summed E-state index contributed by atoms with van der Waals surface area (Å²) in [7, 11) is 3.06. The lowest BCUT2D eigenvalue weighted by Crippen LogP contribution is -2.50. The SMILES string of the molecule is CCOc1cc(C(CC)(OC)N2C(=O)c3ccccc3C2=O)ccc1OC. The first-order chi connectivity index (χ1) is 13.0. The molecule has 0 saturated carbocycles. The zero-order valence-electron chi connectivity index (χ0n) is 15.9. The summed E-state index contributed by atoms with van der Waals surface area (Å²) in [6.07, 6.45) is 0.382. The predicted molar refractivity (Wildman–Crippen MR) is 100 cm³/mol. The molecule has 2 aromatic rings. The molecule has 1 aliphatic heterocycles. The van der Waals surface area contributed by atoms with E-state index >= 15 is 0 Å². The van der Waals surface area contributed by atoms with Crippen molar-refractivity contribution in [1.29, 1.82) is 0 Å². The molecule has 0 aliphatic carbocycles. The summed E-state index contributed by atoms with van der Waals surface area (Å²) in [4.78, 5) is 27.3. The lowest BCUT2D eigenvalue weighted by molar-refractivity contribution is -0.107. The molecule has 0 N–H and O–H groups in total. The van der Waals surface area contributed by atoms with Crippen molar-refractivity contribution in [3.63, 3.8) is 0 Å². The van der Waals surface area contributed by atoms with Crippen molar-refractivity contribution in [3.8, 4) is 11.5 Å². The van der Waals surface area contributed by atoms with Gasteiger partial charge in [-0.25, -0.2) is 4.90 Å². The molecule has 0 aromatic heterocycles. The van der Waals surface area contributed by atoms with Gasteiger partial charge >= 0.3 is 0 Å². The fourth-order valence-corrected chi connectivity index (χ4v) is 3.55. The molecule has 0 saturated heterocycles. The Morgan fingerprint density at radius 2 is 1.56 bits per heavy atom. The standard InChI is InChI=1S/C21H23NO5/c1-5-21(26-4,14-11-12-17(25-3)18(13-14)27-6-2)22-19(23)15-9-7-8-10-16(15)20(22)24/h7-13H,5-6H2,1-4H3. The van der Waals surface area contributed by atoms with E-state index in [0.29, 0.717) is 41.2 Å². The molecule has 1 unspecified atom stereocenters. The molecule has 2 aromatic carbocycles. The van der Waals surface area contributed by atoms with Gasteiger partial charge < -0.3 is 14.2 Å². The molecule has 1 heterocycles. The number of imide groups is 1. The number of rotatable bonds is 7. The summed E-state index contributed by atoms with van der Waals surface area (Å²) < 4.78 is 16.8. The van der Waals surface area contributed by atoms with Crippen LogP contribution in [-0.4, -0.2) is 37.5 Å². The van der Waals surface area contributed by atoms with Crippen molar-refractivity contribution >= 4 is 11.8 Å². The van der Waals surface area contributed by atoms with Crippen molar-refractivity contribution in [2.24, 2.45) is 0 Å². The molecule has 6 heteroatoms. The minimum Gasteiger partial charge on any atom is -0.493 e. The first kappa shape index (κ1) is 18.9. The van der Waals surface area contributed by atoms with E-state index in [-0.39, 0.29) is 11.8 Å². The topological polar surface area (TPSA) is 65.1 Å². The van der Waals surface area contributed by atoms with Gasteiger partial charge in [-0.15, -0.1) is 0 Å². The van der Waals surface area contributed by atoms with E-state index in [1.807, 2.05) is 13.8 Å². The monoisotopic (exact) mass is 369 g/mol. The highest BCUT2D eigenvalue weighted by atomic mass is 16.5. The van der Waals surface area contributed by atoms with Crippen LogP contribution in [0.25, 0.3) is 0 Å². The Bertz CT molecular complexity index is 838. The summed E-state index contributed by atoms with van der Waals surface area (Å²) >= 11 is 0. The van der Waals surface area contributed by atoms with E-state index < -0.39 is 5.72 Å². The van der Waals surface area contributed by atoms with Crippen LogP contribution in [0.1, 0.15) is 46.5 Å². The third-order valence-electron chi connectivity index (χ3n) is 4.89.